The summed E-state index contributed by atoms with van der Waals surface area (Å²) in [6.07, 6.45) is 0. The normalized spacial score (nSPS) is 10.4. The van der Waals surface area contributed by atoms with E-state index in [2.05, 4.69) is 4.98 Å². The van der Waals surface area contributed by atoms with E-state index in [4.69, 9.17) is 28.9 Å². The van der Waals surface area contributed by atoms with E-state index in [0.29, 0.717) is 15.9 Å². The van der Waals surface area contributed by atoms with Crippen LogP contribution in [0.4, 0.5) is 5.82 Å². The van der Waals surface area contributed by atoms with Crippen molar-refractivity contribution < 1.29 is 0 Å². The zero-order valence-electron chi connectivity index (χ0n) is 8.67. The lowest BCUT2D eigenvalue weighted by molar-refractivity contribution is 1.21. The van der Waals surface area contributed by atoms with Gasteiger partial charge >= 0.3 is 0 Å². The summed E-state index contributed by atoms with van der Waals surface area (Å²) >= 11 is 12.1. The zero-order valence-corrected chi connectivity index (χ0v) is 10.2. The van der Waals surface area contributed by atoms with E-state index in [0.717, 1.165) is 16.8 Å². The van der Waals surface area contributed by atoms with Crippen LogP contribution in [-0.2, 0) is 0 Å². The molecule has 0 spiro atoms. The minimum Gasteiger partial charge on any atom is -0.383 e. The van der Waals surface area contributed by atoms with Crippen molar-refractivity contribution in [3.63, 3.8) is 0 Å². The largest absolute Gasteiger partial charge is 0.383 e. The summed E-state index contributed by atoms with van der Waals surface area (Å²) in [6.45, 7) is 1.89. The number of pyridine rings is 1. The molecule has 0 fully saturated rings. The molecule has 0 bridgehead atoms. The van der Waals surface area contributed by atoms with Crippen LogP contribution in [-0.4, -0.2) is 4.98 Å². The third kappa shape index (κ3) is 1.99. The molecular formula is C12H10Cl2N2. The van der Waals surface area contributed by atoms with E-state index in [1.165, 1.54) is 0 Å². The predicted octanol–water partition coefficient (Wildman–Crippen LogP) is 3.95. The average molecular weight is 253 g/mol. The molecule has 0 aliphatic carbocycles. The molecule has 0 saturated carbocycles. The molecule has 0 saturated heterocycles. The highest BCUT2D eigenvalue weighted by Gasteiger charge is 2.10. The van der Waals surface area contributed by atoms with Crippen LogP contribution >= 0.6 is 23.2 Å². The summed E-state index contributed by atoms with van der Waals surface area (Å²) in [4.78, 5) is 4.20. The fourth-order valence-electron chi connectivity index (χ4n) is 1.52. The fraction of sp³-hybridized carbons (Fsp3) is 0.0833. The van der Waals surface area contributed by atoms with E-state index in [1.807, 2.05) is 31.2 Å². The fourth-order valence-corrected chi connectivity index (χ4v) is 1.92. The Balaban J connectivity index is 2.63. The van der Waals surface area contributed by atoms with Gasteiger partial charge in [0, 0.05) is 16.8 Å². The number of aromatic nitrogens is 1. The predicted molar refractivity (Wildman–Crippen MR) is 68.8 cm³/mol. The quantitative estimate of drug-likeness (QED) is 0.835. The van der Waals surface area contributed by atoms with Gasteiger partial charge in [0.15, 0.2) is 0 Å². The van der Waals surface area contributed by atoms with Crippen LogP contribution in [0.2, 0.25) is 10.0 Å². The van der Waals surface area contributed by atoms with Crippen LogP contribution in [0.3, 0.4) is 0 Å². The Bertz CT molecular complexity index is 539. The summed E-state index contributed by atoms with van der Waals surface area (Å²) in [6, 6.07) is 9.24. The van der Waals surface area contributed by atoms with Crippen LogP contribution in [0, 0.1) is 6.92 Å². The average Bonchev–Trinajstić information content (AvgIpc) is 2.23. The summed E-state index contributed by atoms with van der Waals surface area (Å²) in [5.74, 6) is 0.462. The lowest BCUT2D eigenvalue weighted by Gasteiger charge is -2.08. The van der Waals surface area contributed by atoms with E-state index >= 15 is 0 Å². The zero-order chi connectivity index (χ0) is 11.7. The minimum absolute atomic E-state index is 0.462. The van der Waals surface area contributed by atoms with Crippen LogP contribution < -0.4 is 5.73 Å². The van der Waals surface area contributed by atoms with Crippen LogP contribution in [0.5, 0.6) is 0 Å². The Morgan fingerprint density at radius 1 is 1.06 bits per heavy atom. The number of halogens is 2. The molecule has 2 aromatic rings. The summed E-state index contributed by atoms with van der Waals surface area (Å²) in [7, 11) is 0. The number of benzene rings is 1. The number of rotatable bonds is 1. The first-order valence-corrected chi connectivity index (χ1v) is 5.52. The van der Waals surface area contributed by atoms with Crippen LogP contribution in [0.1, 0.15) is 5.69 Å². The molecule has 0 atom stereocenters. The van der Waals surface area contributed by atoms with Gasteiger partial charge in [0.25, 0.3) is 0 Å². The van der Waals surface area contributed by atoms with Gasteiger partial charge in [-0.05, 0) is 25.1 Å². The van der Waals surface area contributed by atoms with Gasteiger partial charge in [0.1, 0.15) is 5.82 Å². The van der Waals surface area contributed by atoms with Gasteiger partial charge in [-0.1, -0.05) is 35.3 Å². The van der Waals surface area contributed by atoms with Gasteiger partial charge in [0.2, 0.25) is 0 Å². The number of anilines is 1. The van der Waals surface area contributed by atoms with Crippen molar-refractivity contribution in [3.8, 4) is 11.1 Å². The van der Waals surface area contributed by atoms with Gasteiger partial charge in [0.05, 0.1) is 10.0 Å². The lowest BCUT2D eigenvalue weighted by atomic mass is 10.1. The van der Waals surface area contributed by atoms with Crippen molar-refractivity contribution >= 4 is 29.0 Å². The molecule has 0 radical (unpaired) electrons. The van der Waals surface area contributed by atoms with Crippen molar-refractivity contribution in [1.82, 2.24) is 4.98 Å². The van der Waals surface area contributed by atoms with Crippen molar-refractivity contribution in [2.24, 2.45) is 0 Å². The number of hydrogen-bond donors (Lipinski definition) is 1. The molecule has 1 aromatic carbocycles. The van der Waals surface area contributed by atoms with Gasteiger partial charge in [-0.2, -0.15) is 0 Å². The number of nitrogens with zero attached hydrogens (tertiary/aromatic N) is 1. The van der Waals surface area contributed by atoms with Crippen molar-refractivity contribution in [2.75, 3.05) is 5.73 Å². The second-order valence-electron chi connectivity index (χ2n) is 3.49. The number of nitrogen functional groups attached to an aromatic ring is 1. The third-order valence-electron chi connectivity index (χ3n) is 2.31. The monoisotopic (exact) mass is 252 g/mol. The highest BCUT2D eigenvalue weighted by Crippen LogP contribution is 2.35. The van der Waals surface area contributed by atoms with Gasteiger partial charge in [-0.25, -0.2) is 4.98 Å². The van der Waals surface area contributed by atoms with E-state index in [1.54, 1.807) is 6.07 Å². The number of hydrogen-bond acceptors (Lipinski definition) is 2. The molecule has 0 aliphatic heterocycles. The first-order valence-electron chi connectivity index (χ1n) is 4.77. The molecule has 2 N–H and O–H groups in total. The number of nitrogens with two attached hydrogens (primary N) is 1. The molecule has 0 aliphatic rings. The topological polar surface area (TPSA) is 38.9 Å². The van der Waals surface area contributed by atoms with E-state index in [9.17, 15) is 0 Å². The Labute approximate surface area is 104 Å². The molecule has 2 rings (SSSR count). The van der Waals surface area contributed by atoms with Gasteiger partial charge in [-0.15, -0.1) is 0 Å². The maximum atomic E-state index is 6.12. The molecule has 4 heteroatoms. The Morgan fingerprint density at radius 2 is 1.81 bits per heavy atom. The SMILES string of the molecule is Cc1ccc(-c2cccc(Cl)c2Cl)c(N)n1. The van der Waals surface area contributed by atoms with Gasteiger partial charge in [-0.3, -0.25) is 0 Å². The molecule has 1 aromatic heterocycles. The summed E-state index contributed by atoms with van der Waals surface area (Å²) in [5, 5.41) is 1.01. The molecular weight excluding hydrogens is 243 g/mol. The third-order valence-corrected chi connectivity index (χ3v) is 3.12. The minimum atomic E-state index is 0.462. The summed E-state index contributed by atoms with van der Waals surface area (Å²) in [5.41, 5.74) is 8.34. The lowest BCUT2D eigenvalue weighted by Crippen LogP contribution is -1.96. The Morgan fingerprint density at radius 3 is 2.50 bits per heavy atom. The maximum absolute atomic E-state index is 6.12. The maximum Gasteiger partial charge on any atom is 0.131 e. The Hall–Kier alpha value is -1.25. The van der Waals surface area contributed by atoms with E-state index in [-0.39, 0.29) is 0 Å². The van der Waals surface area contributed by atoms with Gasteiger partial charge < -0.3 is 5.73 Å². The van der Waals surface area contributed by atoms with Crippen molar-refractivity contribution in [3.05, 3.63) is 46.1 Å². The first-order chi connectivity index (χ1) is 7.59. The molecule has 2 nitrogen and oxygen atoms in total. The van der Waals surface area contributed by atoms with Crippen molar-refractivity contribution in [1.29, 1.82) is 0 Å². The highest BCUT2D eigenvalue weighted by atomic mass is 35.5. The molecule has 0 unspecified atom stereocenters. The standard InChI is InChI=1S/C12H10Cl2N2/c1-7-5-6-9(12(15)16-7)8-3-2-4-10(13)11(8)14/h2-6H,1H3,(H2,15,16). The van der Waals surface area contributed by atoms with Crippen LogP contribution in [0.25, 0.3) is 11.1 Å². The van der Waals surface area contributed by atoms with Crippen LogP contribution in [0.15, 0.2) is 30.3 Å². The second-order valence-corrected chi connectivity index (χ2v) is 4.27. The first kappa shape index (κ1) is 11.2. The van der Waals surface area contributed by atoms with Crippen molar-refractivity contribution in [2.45, 2.75) is 6.92 Å². The highest BCUT2D eigenvalue weighted by molar-refractivity contribution is 6.43. The summed E-state index contributed by atoms with van der Waals surface area (Å²) < 4.78 is 0. The molecule has 1 heterocycles. The molecule has 0 amide bonds. The second kappa shape index (κ2) is 4.32. The molecule has 16 heavy (non-hydrogen) atoms. The smallest absolute Gasteiger partial charge is 0.131 e. The van der Waals surface area contributed by atoms with E-state index < -0.39 is 0 Å². The molecule has 82 valence electrons. The number of aryl methyl sites for hydroxylation is 1. The Kier molecular flexibility index (Phi) is 3.03.